The van der Waals surface area contributed by atoms with Crippen molar-refractivity contribution in [3.8, 4) is 0 Å². The molecule has 396 valence electrons. The summed E-state index contributed by atoms with van der Waals surface area (Å²) in [4.78, 5) is 19.0. The smallest absolute Gasteiger partial charge is 0.325 e. The number of aromatic amines is 1. The molecule has 0 saturated carbocycles. The molecule has 9 aromatic rings. The van der Waals surface area contributed by atoms with Crippen molar-refractivity contribution >= 4 is 150 Å². The summed E-state index contributed by atoms with van der Waals surface area (Å²) >= 11 is 0. The molecule has 1 heterocycles. The number of azo groups is 2. The normalized spacial score (nSPS) is 13.1. The van der Waals surface area contributed by atoms with Gasteiger partial charge in [0.1, 0.15) is 19.6 Å². The molecule has 9 N–H and O–H groups in total. The van der Waals surface area contributed by atoms with Gasteiger partial charge in [-0.05, 0) is 84.9 Å². The SMILES string of the molecule is O=c1nc(Nc2ccc(/N=N/c3cc(S(=O)(=O)O)c4cccc(S(=O)(=O)O)c4c3)c3ccc(S(=O)(=O)O)cc23)[nH]c(Nc2ccc(/N=N/c3cc(S(=O)(=O)O)c4cccc(S(=O)(=O)O)c4c3)c3ccc(S(=O)(=O)O)cc23)n1. The molecule has 0 spiro atoms. The number of H-pyrrole nitrogens is 1. The summed E-state index contributed by atoms with van der Waals surface area (Å²) in [5.41, 5.74) is -2.01. The van der Waals surface area contributed by atoms with Crippen molar-refractivity contribution in [1.29, 1.82) is 0 Å². The highest BCUT2D eigenvalue weighted by Gasteiger charge is 2.24. The van der Waals surface area contributed by atoms with E-state index >= 15 is 0 Å². The molecule has 0 saturated heterocycles. The van der Waals surface area contributed by atoms with E-state index in [0.29, 0.717) is 0 Å². The number of nitrogens with one attached hydrogen (secondary N) is 3. The van der Waals surface area contributed by atoms with E-state index in [4.69, 9.17) is 0 Å². The molecular weight excluding hydrogens is 1140 g/mol. The second kappa shape index (κ2) is 19.2. The summed E-state index contributed by atoms with van der Waals surface area (Å²) in [5.74, 6) is -0.761. The van der Waals surface area contributed by atoms with Crippen LogP contribution in [0.15, 0.2) is 176 Å². The molecule has 0 aliphatic rings. The lowest BCUT2D eigenvalue weighted by Gasteiger charge is -2.14. The molecule has 77 heavy (non-hydrogen) atoms. The van der Waals surface area contributed by atoms with Crippen molar-refractivity contribution in [2.75, 3.05) is 10.6 Å². The Morgan fingerprint density at radius 2 is 0.740 bits per heavy atom. The maximum absolute atomic E-state index is 13.0. The molecule has 0 amide bonds. The minimum atomic E-state index is -5.04. The molecule has 0 fully saturated rings. The molecule has 28 nitrogen and oxygen atoms in total. The first kappa shape index (κ1) is 53.7. The number of fused-ring (bicyclic) bond motifs is 4. The summed E-state index contributed by atoms with van der Waals surface area (Å²) < 4.78 is 207. The van der Waals surface area contributed by atoms with Crippen molar-refractivity contribution in [3.63, 3.8) is 0 Å². The Bertz CT molecular complexity index is 4600. The second-order valence-electron chi connectivity index (χ2n) is 16.1. The van der Waals surface area contributed by atoms with E-state index in [1.807, 2.05) is 0 Å². The summed E-state index contributed by atoms with van der Waals surface area (Å²) in [6.07, 6.45) is 0. The lowest BCUT2D eigenvalue weighted by molar-refractivity contribution is 0.481. The highest BCUT2D eigenvalue weighted by Crippen LogP contribution is 2.40. The highest BCUT2D eigenvalue weighted by atomic mass is 32.2. The predicted octanol–water partition coefficient (Wildman–Crippen LogP) is 7.58. The molecule has 0 radical (unpaired) electrons. The van der Waals surface area contributed by atoms with Crippen LogP contribution in [0.2, 0.25) is 0 Å². The van der Waals surface area contributed by atoms with Gasteiger partial charge in [-0.2, -0.15) is 70.7 Å². The molecule has 1 aromatic heterocycles. The lowest BCUT2D eigenvalue weighted by Crippen LogP contribution is -2.16. The summed E-state index contributed by atoms with van der Waals surface area (Å²) in [6, 6.07) is 21.9. The fourth-order valence-electron chi connectivity index (χ4n) is 7.93. The van der Waals surface area contributed by atoms with Crippen molar-refractivity contribution < 1.29 is 77.8 Å². The zero-order chi connectivity index (χ0) is 55.8. The van der Waals surface area contributed by atoms with E-state index in [9.17, 15) is 82.6 Å². The van der Waals surface area contributed by atoms with E-state index in [2.05, 4.69) is 46.0 Å². The Labute approximate surface area is 432 Å². The number of anilines is 4. The molecule has 0 aliphatic carbocycles. The molecule has 0 bridgehead atoms. The topological polar surface area (TPSA) is 458 Å². The minimum Gasteiger partial charge on any atom is -0.325 e. The Morgan fingerprint density at radius 1 is 0.364 bits per heavy atom. The van der Waals surface area contributed by atoms with Gasteiger partial charge in [0.05, 0.1) is 32.5 Å². The van der Waals surface area contributed by atoms with Crippen LogP contribution in [0.4, 0.5) is 46.0 Å². The minimum absolute atomic E-state index is 0.0239. The van der Waals surface area contributed by atoms with E-state index in [1.165, 1.54) is 48.5 Å². The fraction of sp³-hybridized carbons (Fsp3) is 0. The maximum atomic E-state index is 13.0. The zero-order valence-electron chi connectivity index (χ0n) is 37.7. The van der Waals surface area contributed by atoms with Crippen molar-refractivity contribution in [3.05, 3.63) is 132 Å². The number of nitrogens with zero attached hydrogens (tertiary/aromatic N) is 6. The third kappa shape index (κ3) is 11.2. The van der Waals surface area contributed by atoms with Crippen molar-refractivity contribution in [2.45, 2.75) is 29.4 Å². The van der Waals surface area contributed by atoms with Crippen LogP contribution < -0.4 is 16.3 Å². The van der Waals surface area contributed by atoms with Gasteiger partial charge in [-0.3, -0.25) is 32.3 Å². The number of benzene rings is 8. The summed E-state index contributed by atoms with van der Waals surface area (Å²) in [6.45, 7) is 0. The Morgan fingerprint density at radius 3 is 1.09 bits per heavy atom. The van der Waals surface area contributed by atoms with Gasteiger partial charge < -0.3 is 10.6 Å². The second-order valence-corrected chi connectivity index (χ2v) is 24.5. The molecule has 9 rings (SSSR count). The van der Waals surface area contributed by atoms with Crippen LogP contribution in [0.1, 0.15) is 0 Å². The van der Waals surface area contributed by atoms with Gasteiger partial charge in [-0.1, -0.05) is 36.4 Å². The van der Waals surface area contributed by atoms with Crippen LogP contribution >= 0.6 is 0 Å². The van der Waals surface area contributed by atoms with Gasteiger partial charge in [-0.15, -0.1) is 10.2 Å². The number of hydrogen-bond acceptors (Lipinski definition) is 21. The lowest BCUT2D eigenvalue weighted by atomic mass is 10.1. The third-order valence-electron chi connectivity index (χ3n) is 11.1. The van der Waals surface area contributed by atoms with E-state index in [-0.39, 0.29) is 89.1 Å². The van der Waals surface area contributed by atoms with Gasteiger partial charge in [0, 0.05) is 54.5 Å². The summed E-state index contributed by atoms with van der Waals surface area (Å²) in [7, 11) is -29.7. The quantitative estimate of drug-likeness (QED) is 0.0374. The van der Waals surface area contributed by atoms with E-state index in [1.54, 1.807) is 0 Å². The van der Waals surface area contributed by atoms with Crippen LogP contribution in [0.25, 0.3) is 43.1 Å². The Hall–Kier alpha value is -8.13. The van der Waals surface area contributed by atoms with Crippen LogP contribution in [-0.2, 0) is 60.7 Å². The molecule has 8 aromatic carbocycles. The van der Waals surface area contributed by atoms with Crippen LogP contribution in [0.5, 0.6) is 0 Å². The monoisotopic (exact) mass is 1170 g/mol. The van der Waals surface area contributed by atoms with Gasteiger partial charge in [0.25, 0.3) is 60.7 Å². The number of hydrogen-bond donors (Lipinski definition) is 9. The first-order valence-electron chi connectivity index (χ1n) is 20.8. The average Bonchev–Trinajstić information content (AvgIpc) is 3.32. The van der Waals surface area contributed by atoms with Gasteiger partial charge in [0.2, 0.25) is 11.9 Å². The molecule has 0 atom stereocenters. The molecule has 34 heteroatoms. The molecule has 0 aliphatic heterocycles. The number of aromatic nitrogens is 3. The zero-order valence-corrected chi connectivity index (χ0v) is 42.6. The molecular formula is C43H29N9O19S6. The average molecular weight is 1170 g/mol. The van der Waals surface area contributed by atoms with E-state index < -0.39 is 95.8 Å². The van der Waals surface area contributed by atoms with E-state index in [0.717, 1.165) is 72.8 Å². The first-order chi connectivity index (χ1) is 35.8. The Balaban J connectivity index is 1.10. The fourth-order valence-corrected chi connectivity index (χ4v) is 11.8. The standard InChI is InChI=1S/C43H29N9O19S6/c53-43-47-41(44-33-11-13-35(25-9-7-23(19-29(25)33)72(54,55)56)51-49-21-15-31-27(39(17-21)76(66,67)68)3-1-5-37(31)74(60,61)62)46-42(48-43)45-34-12-14-36(26-10-8-24(20-30(26)34)73(57,58)59)52-50-22-16-32-28(40(18-22)77(69,70)71)4-2-6-38(32)75(63,64)65/h1-20H,(H,54,55,56)(H,57,58,59)(H,60,61,62)(H,63,64,65)(H,66,67,68)(H,69,70,71)(H3,44,45,46,47,48,53)/b51-49+,52-50+. The highest BCUT2D eigenvalue weighted by molar-refractivity contribution is 7.87. The molecule has 0 unspecified atom stereocenters. The number of rotatable bonds is 14. The third-order valence-corrected chi connectivity index (χ3v) is 16.5. The van der Waals surface area contributed by atoms with Crippen LogP contribution in [0, 0.1) is 0 Å². The Kier molecular flexibility index (Phi) is 13.4. The van der Waals surface area contributed by atoms with Crippen molar-refractivity contribution in [2.24, 2.45) is 20.5 Å². The summed E-state index contributed by atoms with van der Waals surface area (Å²) in [5, 5.41) is 20.7. The van der Waals surface area contributed by atoms with Crippen LogP contribution in [0.3, 0.4) is 0 Å². The van der Waals surface area contributed by atoms with Gasteiger partial charge in [0.15, 0.2) is 0 Å². The maximum Gasteiger partial charge on any atom is 0.373 e. The van der Waals surface area contributed by atoms with Gasteiger partial charge in [-0.25, -0.2) is 4.79 Å². The predicted molar refractivity (Wildman–Crippen MR) is 272 cm³/mol. The van der Waals surface area contributed by atoms with Crippen LogP contribution in [-0.4, -0.2) is 92.8 Å². The van der Waals surface area contributed by atoms with Gasteiger partial charge >= 0.3 is 5.69 Å². The van der Waals surface area contributed by atoms with Crippen molar-refractivity contribution in [1.82, 2.24) is 15.0 Å². The largest absolute Gasteiger partial charge is 0.373 e. The first-order valence-corrected chi connectivity index (χ1v) is 29.4.